The second-order valence-corrected chi connectivity index (χ2v) is 4.79. The summed E-state index contributed by atoms with van der Waals surface area (Å²) in [5, 5.41) is 19.0. The zero-order valence-corrected chi connectivity index (χ0v) is 11.2. The lowest BCUT2D eigenvalue weighted by atomic mass is 10.1. The Labute approximate surface area is 120 Å². The molecule has 7 nitrogen and oxygen atoms in total. The van der Waals surface area contributed by atoms with Gasteiger partial charge in [-0.3, -0.25) is 0 Å². The van der Waals surface area contributed by atoms with Crippen LogP contribution in [0.1, 0.15) is 11.6 Å². The van der Waals surface area contributed by atoms with Gasteiger partial charge in [-0.25, -0.2) is 15.0 Å². The number of hydrogen-bond donors (Lipinski definition) is 3. The van der Waals surface area contributed by atoms with E-state index in [1.807, 2.05) is 12.1 Å². The zero-order chi connectivity index (χ0) is 14.8. The van der Waals surface area contributed by atoms with Crippen LogP contribution in [0.2, 0.25) is 0 Å². The number of nitrogen functional groups attached to an aromatic ring is 1. The molecule has 21 heavy (non-hydrogen) atoms. The molecular formula is C14H15N5O2. The molecule has 2 heterocycles. The molecule has 0 aliphatic heterocycles. The summed E-state index contributed by atoms with van der Waals surface area (Å²) in [4.78, 5) is 12.3. The molecule has 108 valence electrons. The van der Waals surface area contributed by atoms with Crippen molar-refractivity contribution in [2.75, 3.05) is 12.3 Å². The van der Waals surface area contributed by atoms with Crippen molar-refractivity contribution in [3.05, 3.63) is 42.5 Å². The van der Waals surface area contributed by atoms with Gasteiger partial charge in [0.2, 0.25) is 0 Å². The number of rotatable bonds is 4. The molecule has 1 atom stereocenters. The number of aromatic hydroxyl groups is 1. The van der Waals surface area contributed by atoms with Crippen LogP contribution >= 0.6 is 0 Å². The molecule has 0 spiro atoms. The molecule has 0 aliphatic rings. The maximum Gasteiger partial charge on any atom is 0.165 e. The SMILES string of the molecule is Nc1ncnc2c1ncn2C(CO)Cc1ccc(O)cc1. The minimum absolute atomic E-state index is 0.0593. The third-order valence-electron chi connectivity index (χ3n) is 3.40. The van der Waals surface area contributed by atoms with Crippen molar-refractivity contribution in [2.24, 2.45) is 0 Å². The topological polar surface area (TPSA) is 110 Å². The average molecular weight is 285 g/mol. The first-order chi connectivity index (χ1) is 10.2. The van der Waals surface area contributed by atoms with Crippen molar-refractivity contribution in [3.63, 3.8) is 0 Å². The highest BCUT2D eigenvalue weighted by molar-refractivity contribution is 5.81. The monoisotopic (exact) mass is 285 g/mol. The Morgan fingerprint density at radius 1 is 1.14 bits per heavy atom. The molecule has 0 aliphatic carbocycles. The van der Waals surface area contributed by atoms with Gasteiger partial charge in [-0.2, -0.15) is 0 Å². The zero-order valence-electron chi connectivity index (χ0n) is 11.2. The van der Waals surface area contributed by atoms with Crippen molar-refractivity contribution >= 4 is 17.0 Å². The summed E-state index contributed by atoms with van der Waals surface area (Å²) in [5.74, 6) is 0.535. The van der Waals surface area contributed by atoms with Crippen LogP contribution in [0.3, 0.4) is 0 Å². The summed E-state index contributed by atoms with van der Waals surface area (Å²) in [7, 11) is 0. The second-order valence-electron chi connectivity index (χ2n) is 4.79. The lowest BCUT2D eigenvalue weighted by Crippen LogP contribution is -2.15. The Hall–Kier alpha value is -2.67. The number of hydrogen-bond acceptors (Lipinski definition) is 6. The van der Waals surface area contributed by atoms with E-state index in [1.165, 1.54) is 6.33 Å². The van der Waals surface area contributed by atoms with Crippen LogP contribution in [-0.4, -0.2) is 36.3 Å². The molecular weight excluding hydrogens is 270 g/mol. The number of aliphatic hydroxyl groups excluding tert-OH is 1. The number of aliphatic hydroxyl groups is 1. The number of phenols is 1. The lowest BCUT2D eigenvalue weighted by Gasteiger charge is -2.16. The molecule has 0 radical (unpaired) electrons. The molecule has 0 amide bonds. The Morgan fingerprint density at radius 3 is 2.62 bits per heavy atom. The lowest BCUT2D eigenvalue weighted by molar-refractivity contribution is 0.229. The Balaban J connectivity index is 1.95. The number of benzene rings is 1. The fourth-order valence-electron chi connectivity index (χ4n) is 2.29. The molecule has 0 bridgehead atoms. The summed E-state index contributed by atoms with van der Waals surface area (Å²) in [6, 6.07) is 6.67. The van der Waals surface area contributed by atoms with Gasteiger partial charge in [0.05, 0.1) is 19.0 Å². The minimum atomic E-state index is -0.214. The molecule has 0 saturated heterocycles. The van der Waals surface area contributed by atoms with Gasteiger partial charge in [0.15, 0.2) is 11.5 Å². The highest BCUT2D eigenvalue weighted by atomic mass is 16.3. The number of aromatic nitrogens is 4. The van der Waals surface area contributed by atoms with Gasteiger partial charge < -0.3 is 20.5 Å². The van der Waals surface area contributed by atoms with Crippen LogP contribution in [-0.2, 0) is 6.42 Å². The van der Waals surface area contributed by atoms with Crippen LogP contribution in [0.5, 0.6) is 5.75 Å². The predicted octanol–water partition coefficient (Wildman–Crippen LogP) is 0.890. The van der Waals surface area contributed by atoms with Gasteiger partial charge in [0.25, 0.3) is 0 Å². The fraction of sp³-hybridized carbons (Fsp3) is 0.214. The van der Waals surface area contributed by atoms with Crippen LogP contribution in [0.25, 0.3) is 11.2 Å². The molecule has 1 aromatic carbocycles. The van der Waals surface area contributed by atoms with Crippen LogP contribution in [0.4, 0.5) is 5.82 Å². The van der Waals surface area contributed by atoms with E-state index in [4.69, 9.17) is 5.73 Å². The van der Waals surface area contributed by atoms with Crippen molar-refractivity contribution in [3.8, 4) is 5.75 Å². The summed E-state index contributed by atoms with van der Waals surface area (Å²) >= 11 is 0. The van der Waals surface area contributed by atoms with E-state index in [-0.39, 0.29) is 18.4 Å². The maximum absolute atomic E-state index is 9.67. The highest BCUT2D eigenvalue weighted by Gasteiger charge is 2.16. The van der Waals surface area contributed by atoms with E-state index < -0.39 is 0 Å². The minimum Gasteiger partial charge on any atom is -0.508 e. The number of phenolic OH excluding ortho intramolecular Hbond substituents is 1. The summed E-state index contributed by atoms with van der Waals surface area (Å²) < 4.78 is 1.79. The first-order valence-corrected chi connectivity index (χ1v) is 6.51. The highest BCUT2D eigenvalue weighted by Crippen LogP contribution is 2.22. The number of anilines is 1. The first kappa shape index (κ1) is 13.3. The quantitative estimate of drug-likeness (QED) is 0.656. The van der Waals surface area contributed by atoms with Crippen molar-refractivity contribution < 1.29 is 10.2 Å². The Bertz CT molecular complexity index is 754. The molecule has 7 heteroatoms. The third-order valence-corrected chi connectivity index (χ3v) is 3.40. The van der Waals surface area contributed by atoms with Crippen molar-refractivity contribution in [2.45, 2.75) is 12.5 Å². The molecule has 2 aromatic heterocycles. The standard InChI is InChI=1S/C14H15N5O2/c15-13-12-14(17-7-16-13)19(8-18-12)10(6-20)5-9-1-3-11(21)4-2-9/h1-4,7-8,10,20-21H,5-6H2,(H2,15,16,17). The summed E-state index contributed by atoms with van der Waals surface area (Å²) in [6.45, 7) is -0.0593. The Morgan fingerprint density at radius 2 is 1.90 bits per heavy atom. The molecule has 3 rings (SSSR count). The van der Waals surface area contributed by atoms with Crippen LogP contribution < -0.4 is 5.73 Å². The van der Waals surface area contributed by atoms with Gasteiger partial charge in [-0.1, -0.05) is 12.1 Å². The largest absolute Gasteiger partial charge is 0.508 e. The van der Waals surface area contributed by atoms with Gasteiger partial charge in [0.1, 0.15) is 17.6 Å². The summed E-state index contributed by atoms with van der Waals surface area (Å²) in [5.41, 5.74) is 7.89. The van der Waals surface area contributed by atoms with E-state index in [2.05, 4.69) is 15.0 Å². The van der Waals surface area contributed by atoms with E-state index in [1.54, 1.807) is 23.0 Å². The number of nitrogens with zero attached hydrogens (tertiary/aromatic N) is 4. The van der Waals surface area contributed by atoms with Crippen molar-refractivity contribution in [1.29, 1.82) is 0 Å². The molecule has 3 aromatic rings. The van der Waals surface area contributed by atoms with Gasteiger partial charge in [-0.05, 0) is 24.1 Å². The van der Waals surface area contributed by atoms with E-state index >= 15 is 0 Å². The molecule has 1 unspecified atom stereocenters. The normalized spacial score (nSPS) is 12.6. The second kappa shape index (κ2) is 5.37. The van der Waals surface area contributed by atoms with E-state index in [0.717, 1.165) is 5.56 Å². The Kier molecular flexibility index (Phi) is 3.41. The van der Waals surface area contributed by atoms with Crippen LogP contribution in [0, 0.1) is 0 Å². The van der Waals surface area contributed by atoms with Gasteiger partial charge in [0, 0.05) is 0 Å². The first-order valence-electron chi connectivity index (χ1n) is 6.51. The smallest absolute Gasteiger partial charge is 0.165 e. The van der Waals surface area contributed by atoms with E-state index in [0.29, 0.717) is 23.4 Å². The third kappa shape index (κ3) is 2.50. The molecule has 0 fully saturated rings. The maximum atomic E-state index is 9.67. The number of imidazole rings is 1. The molecule has 4 N–H and O–H groups in total. The number of nitrogens with two attached hydrogens (primary N) is 1. The van der Waals surface area contributed by atoms with Crippen molar-refractivity contribution in [1.82, 2.24) is 19.5 Å². The predicted molar refractivity (Wildman–Crippen MR) is 77.7 cm³/mol. The van der Waals surface area contributed by atoms with E-state index in [9.17, 15) is 10.2 Å². The number of fused-ring (bicyclic) bond motifs is 1. The van der Waals surface area contributed by atoms with Crippen LogP contribution in [0.15, 0.2) is 36.9 Å². The van der Waals surface area contributed by atoms with Gasteiger partial charge >= 0.3 is 0 Å². The molecule has 0 saturated carbocycles. The average Bonchev–Trinajstić information content (AvgIpc) is 2.92. The van der Waals surface area contributed by atoms with Gasteiger partial charge in [-0.15, -0.1) is 0 Å². The summed E-state index contributed by atoms with van der Waals surface area (Å²) in [6.07, 6.45) is 3.58. The fourth-order valence-corrected chi connectivity index (χ4v) is 2.29.